The molecule has 4 rings (SSSR count). The van der Waals surface area contributed by atoms with Gasteiger partial charge >= 0.3 is 5.97 Å². The number of esters is 1. The molecular weight excluding hydrogens is 456 g/mol. The summed E-state index contributed by atoms with van der Waals surface area (Å²) in [4.78, 5) is 40.4. The quantitative estimate of drug-likeness (QED) is 0.544. The molecule has 2 heterocycles. The van der Waals surface area contributed by atoms with E-state index in [2.05, 4.69) is 31.4 Å². The van der Waals surface area contributed by atoms with E-state index in [1.165, 1.54) is 23.1 Å². The number of ether oxygens (including phenoxy) is 1. The van der Waals surface area contributed by atoms with Crippen LogP contribution in [0, 0.1) is 11.3 Å². The lowest BCUT2D eigenvalue weighted by atomic mass is 9.72. The fraction of sp³-hybridized carbons (Fsp3) is 0.480. The van der Waals surface area contributed by atoms with Gasteiger partial charge in [-0.25, -0.2) is 4.79 Å². The van der Waals surface area contributed by atoms with Crippen LogP contribution in [0.4, 0.5) is 10.7 Å². The van der Waals surface area contributed by atoms with Crippen molar-refractivity contribution in [1.82, 2.24) is 0 Å². The van der Waals surface area contributed by atoms with Gasteiger partial charge in [0, 0.05) is 16.2 Å². The molecule has 1 aromatic heterocycles. The minimum absolute atomic E-state index is 0.0281. The Morgan fingerprint density at radius 3 is 2.73 bits per heavy atom. The molecule has 2 N–H and O–H groups in total. The van der Waals surface area contributed by atoms with E-state index in [9.17, 15) is 14.4 Å². The van der Waals surface area contributed by atoms with Gasteiger partial charge in [0.05, 0.1) is 23.1 Å². The van der Waals surface area contributed by atoms with Crippen LogP contribution in [-0.4, -0.2) is 29.6 Å². The molecule has 2 amide bonds. The molecule has 33 heavy (non-hydrogen) atoms. The highest BCUT2D eigenvalue weighted by atomic mass is 32.2. The van der Waals surface area contributed by atoms with Crippen LogP contribution in [0.3, 0.4) is 0 Å². The summed E-state index contributed by atoms with van der Waals surface area (Å²) < 4.78 is 5.32. The van der Waals surface area contributed by atoms with E-state index >= 15 is 0 Å². The Balaban J connectivity index is 1.53. The van der Waals surface area contributed by atoms with E-state index in [0.29, 0.717) is 16.5 Å². The standard InChI is InChI=1S/C25H30N2O4S2/c1-5-31-24(30)21-15-11-10-14(25(2,3)4)12-18(15)33-23(21)27-20(28)13-19-22(29)26-16-8-6-7-9-17(16)32-19/h6-9,14,19H,5,10-13H2,1-4H3,(H,26,29)(H,27,28)/t14-,19-/m1/s1. The van der Waals surface area contributed by atoms with Crippen LogP contribution >= 0.6 is 23.1 Å². The zero-order valence-corrected chi connectivity index (χ0v) is 21.1. The normalized spacial score (nSPS) is 19.8. The van der Waals surface area contributed by atoms with E-state index < -0.39 is 11.2 Å². The smallest absolute Gasteiger partial charge is 0.341 e. The molecule has 0 bridgehead atoms. The molecule has 0 fully saturated rings. The van der Waals surface area contributed by atoms with Gasteiger partial charge in [0.2, 0.25) is 11.8 Å². The Labute approximate surface area is 202 Å². The second-order valence-corrected chi connectivity index (χ2v) is 11.9. The summed E-state index contributed by atoms with van der Waals surface area (Å²) in [6.07, 6.45) is 2.73. The molecule has 8 heteroatoms. The largest absolute Gasteiger partial charge is 0.462 e. The third kappa shape index (κ3) is 5.11. The average molecular weight is 487 g/mol. The molecule has 1 aliphatic carbocycles. The monoisotopic (exact) mass is 486 g/mol. The Morgan fingerprint density at radius 2 is 2.00 bits per heavy atom. The number of thiophene rings is 1. The van der Waals surface area contributed by atoms with E-state index in [0.717, 1.165) is 40.3 Å². The zero-order valence-electron chi connectivity index (χ0n) is 19.4. The van der Waals surface area contributed by atoms with Crippen LogP contribution in [0.15, 0.2) is 29.2 Å². The minimum atomic E-state index is -0.522. The molecular formula is C25H30N2O4S2. The molecule has 0 spiro atoms. The maximum absolute atomic E-state index is 13.0. The first-order valence-corrected chi connectivity index (χ1v) is 13.0. The summed E-state index contributed by atoms with van der Waals surface area (Å²) in [7, 11) is 0. The fourth-order valence-corrected chi connectivity index (χ4v) is 6.85. The van der Waals surface area contributed by atoms with Gasteiger partial charge in [0.25, 0.3) is 0 Å². The van der Waals surface area contributed by atoms with Gasteiger partial charge in [-0.15, -0.1) is 23.1 Å². The van der Waals surface area contributed by atoms with Gasteiger partial charge in [-0.2, -0.15) is 0 Å². The number of hydrogen-bond acceptors (Lipinski definition) is 6. The van der Waals surface area contributed by atoms with Crippen molar-refractivity contribution >= 4 is 51.6 Å². The lowest BCUT2D eigenvalue weighted by molar-refractivity contribution is -0.120. The molecule has 176 valence electrons. The number of benzene rings is 1. The SMILES string of the molecule is CCOC(=O)c1c(NC(=O)C[C@H]2Sc3ccccc3NC2=O)sc2c1CC[C@@H](C(C)(C)C)C2. The minimum Gasteiger partial charge on any atom is -0.462 e. The summed E-state index contributed by atoms with van der Waals surface area (Å²) in [5.74, 6) is -0.334. The van der Waals surface area contributed by atoms with Gasteiger partial charge in [-0.3, -0.25) is 9.59 Å². The van der Waals surface area contributed by atoms with Crippen molar-refractivity contribution in [2.75, 3.05) is 17.2 Å². The third-order valence-electron chi connectivity index (χ3n) is 6.30. The van der Waals surface area contributed by atoms with Crippen LogP contribution in [0.5, 0.6) is 0 Å². The highest BCUT2D eigenvalue weighted by molar-refractivity contribution is 8.01. The van der Waals surface area contributed by atoms with Crippen molar-refractivity contribution in [3.8, 4) is 0 Å². The molecule has 2 aliphatic rings. The van der Waals surface area contributed by atoms with Crippen molar-refractivity contribution in [1.29, 1.82) is 0 Å². The lowest BCUT2D eigenvalue weighted by Crippen LogP contribution is -2.32. The Morgan fingerprint density at radius 1 is 1.24 bits per heavy atom. The number of anilines is 2. The van der Waals surface area contributed by atoms with Crippen molar-refractivity contribution in [3.63, 3.8) is 0 Å². The molecule has 2 aromatic rings. The van der Waals surface area contributed by atoms with Crippen LogP contribution in [0.1, 0.15) is 61.3 Å². The second kappa shape index (κ2) is 9.50. The number of hydrogen-bond donors (Lipinski definition) is 2. The molecule has 0 unspecified atom stereocenters. The zero-order chi connectivity index (χ0) is 23.8. The number of rotatable bonds is 5. The third-order valence-corrected chi connectivity index (χ3v) is 8.74. The van der Waals surface area contributed by atoms with Crippen molar-refractivity contribution in [3.05, 3.63) is 40.3 Å². The molecule has 2 atom stereocenters. The maximum atomic E-state index is 13.0. The summed E-state index contributed by atoms with van der Waals surface area (Å²) in [6.45, 7) is 8.80. The molecule has 1 aromatic carbocycles. The number of nitrogens with one attached hydrogen (secondary N) is 2. The highest BCUT2D eigenvalue weighted by Gasteiger charge is 2.35. The maximum Gasteiger partial charge on any atom is 0.341 e. The van der Waals surface area contributed by atoms with Crippen molar-refractivity contribution < 1.29 is 19.1 Å². The molecule has 1 aliphatic heterocycles. The average Bonchev–Trinajstić information content (AvgIpc) is 3.10. The van der Waals surface area contributed by atoms with Crippen molar-refractivity contribution in [2.45, 2.75) is 63.5 Å². The molecule has 0 radical (unpaired) electrons. The van der Waals surface area contributed by atoms with Gasteiger partial charge in [0.15, 0.2) is 0 Å². The van der Waals surface area contributed by atoms with E-state index in [1.54, 1.807) is 6.92 Å². The number of para-hydroxylation sites is 1. The second-order valence-electron chi connectivity index (χ2n) is 9.58. The van der Waals surface area contributed by atoms with Crippen molar-refractivity contribution in [2.24, 2.45) is 11.3 Å². The Hall–Kier alpha value is -2.32. The van der Waals surface area contributed by atoms with Crippen LogP contribution in [0.2, 0.25) is 0 Å². The predicted octanol–water partition coefficient (Wildman–Crippen LogP) is 5.52. The van der Waals surface area contributed by atoms with E-state index in [1.807, 2.05) is 24.3 Å². The molecule has 0 saturated carbocycles. The number of carbonyl (C=O) groups is 3. The number of amides is 2. The first kappa shape index (κ1) is 23.8. The molecule has 6 nitrogen and oxygen atoms in total. The highest BCUT2D eigenvalue weighted by Crippen LogP contribution is 2.45. The summed E-state index contributed by atoms with van der Waals surface area (Å²) in [5.41, 5.74) is 2.45. The predicted molar refractivity (Wildman–Crippen MR) is 133 cm³/mol. The number of carbonyl (C=O) groups excluding carboxylic acids is 3. The summed E-state index contributed by atoms with van der Waals surface area (Å²) in [6, 6.07) is 7.56. The van der Waals surface area contributed by atoms with Gasteiger partial charge < -0.3 is 15.4 Å². The summed E-state index contributed by atoms with van der Waals surface area (Å²) in [5, 5.41) is 5.83. The number of fused-ring (bicyclic) bond motifs is 2. The van der Waals surface area contributed by atoms with Gasteiger partial charge in [0.1, 0.15) is 5.00 Å². The van der Waals surface area contributed by atoms with E-state index in [-0.39, 0.29) is 30.3 Å². The summed E-state index contributed by atoms with van der Waals surface area (Å²) >= 11 is 2.87. The first-order chi connectivity index (χ1) is 15.7. The fourth-order valence-electron chi connectivity index (χ4n) is 4.41. The Kier molecular flexibility index (Phi) is 6.86. The van der Waals surface area contributed by atoms with Crippen LogP contribution in [-0.2, 0) is 27.2 Å². The topological polar surface area (TPSA) is 84.5 Å². The number of thioether (sulfide) groups is 1. The first-order valence-electron chi connectivity index (χ1n) is 11.4. The lowest BCUT2D eigenvalue weighted by Gasteiger charge is -2.33. The Bertz CT molecular complexity index is 1090. The van der Waals surface area contributed by atoms with Gasteiger partial charge in [-0.05, 0) is 55.2 Å². The van der Waals surface area contributed by atoms with Crippen LogP contribution in [0.25, 0.3) is 0 Å². The molecule has 0 saturated heterocycles. The van der Waals surface area contributed by atoms with E-state index in [4.69, 9.17) is 4.74 Å². The van der Waals surface area contributed by atoms with Gasteiger partial charge in [-0.1, -0.05) is 32.9 Å². The van der Waals surface area contributed by atoms with Crippen LogP contribution < -0.4 is 10.6 Å².